The molecule has 1 aliphatic carbocycles. The van der Waals surface area contributed by atoms with Gasteiger partial charge in [0.2, 0.25) is 5.91 Å². The number of nitrogens with two attached hydrogens (primary N) is 1. The minimum Gasteiger partial charge on any atom is -0.444 e. The Morgan fingerprint density at radius 2 is 1.70 bits per heavy atom. The van der Waals surface area contributed by atoms with Gasteiger partial charge in [0.1, 0.15) is 23.0 Å². The highest BCUT2D eigenvalue weighted by molar-refractivity contribution is 5.93. The van der Waals surface area contributed by atoms with Crippen LogP contribution in [0.15, 0.2) is 42.5 Å². The van der Waals surface area contributed by atoms with Crippen LogP contribution < -0.4 is 16.4 Å². The summed E-state index contributed by atoms with van der Waals surface area (Å²) < 4.78 is 19.5. The molecule has 4 N–H and O–H groups in total. The molecule has 1 fully saturated rings. The number of alkyl carbamates (subject to hydrolysis) is 1. The molecule has 1 saturated carbocycles. The van der Waals surface area contributed by atoms with Gasteiger partial charge in [0, 0.05) is 6.42 Å². The van der Waals surface area contributed by atoms with E-state index in [1.54, 1.807) is 51.1 Å². The Labute approximate surface area is 216 Å². The van der Waals surface area contributed by atoms with Crippen LogP contribution in [0.25, 0.3) is 11.1 Å². The van der Waals surface area contributed by atoms with Crippen molar-refractivity contribution in [2.45, 2.75) is 76.5 Å². The van der Waals surface area contributed by atoms with E-state index in [-0.39, 0.29) is 12.0 Å². The molecular weight excluding hydrogens is 475 g/mol. The maximum absolute atomic E-state index is 14.1. The van der Waals surface area contributed by atoms with Gasteiger partial charge in [-0.1, -0.05) is 49.6 Å². The summed E-state index contributed by atoms with van der Waals surface area (Å²) in [4.78, 5) is 37.1. The fourth-order valence-corrected chi connectivity index (χ4v) is 4.45. The molecule has 1 aliphatic rings. The van der Waals surface area contributed by atoms with Crippen molar-refractivity contribution in [3.8, 4) is 17.2 Å². The van der Waals surface area contributed by atoms with Crippen molar-refractivity contribution in [1.82, 2.24) is 10.6 Å². The van der Waals surface area contributed by atoms with Gasteiger partial charge in [-0.2, -0.15) is 5.26 Å². The van der Waals surface area contributed by atoms with E-state index < -0.39 is 40.9 Å². The van der Waals surface area contributed by atoms with Gasteiger partial charge in [-0.3, -0.25) is 9.59 Å². The van der Waals surface area contributed by atoms with Crippen molar-refractivity contribution < 1.29 is 23.5 Å². The number of carbonyl (C=O) groups excluding carboxylic acids is 3. The second kappa shape index (κ2) is 11.4. The van der Waals surface area contributed by atoms with Gasteiger partial charge in [0.15, 0.2) is 0 Å². The van der Waals surface area contributed by atoms with E-state index in [2.05, 4.69) is 16.7 Å². The lowest BCUT2D eigenvalue weighted by Crippen LogP contribution is -2.61. The standard InChI is InChI=1S/C28H33FN4O4/c1-27(2,3)37-26(36)33-28(13-5-4-6-14-28)25(35)32-21(17-30)15-18-7-9-19(10-8-18)20-11-12-22(24(31)34)23(29)16-20/h7-12,16,21H,4-6,13-15H2,1-3H3,(H2,31,34)(H,32,35)(H,33,36). The van der Waals surface area contributed by atoms with Gasteiger partial charge >= 0.3 is 6.09 Å². The molecule has 9 heteroatoms. The highest BCUT2D eigenvalue weighted by Gasteiger charge is 2.42. The molecule has 196 valence electrons. The fraction of sp³-hybridized carbons (Fsp3) is 0.429. The first kappa shape index (κ1) is 27.7. The third kappa shape index (κ3) is 7.29. The van der Waals surface area contributed by atoms with E-state index in [0.717, 1.165) is 30.4 Å². The lowest BCUT2D eigenvalue weighted by molar-refractivity contribution is -0.129. The van der Waals surface area contributed by atoms with E-state index in [4.69, 9.17) is 10.5 Å². The monoisotopic (exact) mass is 508 g/mol. The van der Waals surface area contributed by atoms with Crippen molar-refractivity contribution in [2.75, 3.05) is 0 Å². The normalized spacial score (nSPS) is 15.6. The van der Waals surface area contributed by atoms with Crippen LogP contribution in [0.1, 0.15) is 68.8 Å². The molecule has 0 spiro atoms. The maximum Gasteiger partial charge on any atom is 0.408 e. The molecule has 1 unspecified atom stereocenters. The molecule has 2 aromatic carbocycles. The van der Waals surface area contributed by atoms with Crippen LogP contribution in [0.4, 0.5) is 9.18 Å². The molecular formula is C28H33FN4O4. The predicted octanol–water partition coefficient (Wildman–Crippen LogP) is 4.37. The number of nitrogens with one attached hydrogen (secondary N) is 2. The minimum atomic E-state index is -1.12. The first-order valence-corrected chi connectivity index (χ1v) is 12.3. The fourth-order valence-electron chi connectivity index (χ4n) is 4.45. The summed E-state index contributed by atoms with van der Waals surface area (Å²) in [5.41, 5.74) is 5.25. The second-order valence-electron chi connectivity index (χ2n) is 10.4. The number of rotatable bonds is 7. The van der Waals surface area contributed by atoms with E-state index in [0.29, 0.717) is 18.4 Å². The Kier molecular flexibility index (Phi) is 8.53. The summed E-state index contributed by atoms with van der Waals surface area (Å²) in [6.07, 6.45) is 3.06. The van der Waals surface area contributed by atoms with E-state index in [1.165, 1.54) is 12.1 Å². The van der Waals surface area contributed by atoms with Crippen LogP contribution in [-0.4, -0.2) is 35.1 Å². The topological polar surface area (TPSA) is 134 Å². The maximum atomic E-state index is 14.1. The summed E-state index contributed by atoms with van der Waals surface area (Å²) in [5, 5.41) is 15.3. The zero-order valence-electron chi connectivity index (χ0n) is 21.4. The number of ether oxygens (including phenoxy) is 1. The van der Waals surface area contributed by atoms with E-state index in [1.807, 2.05) is 0 Å². The summed E-state index contributed by atoms with van der Waals surface area (Å²) in [6.45, 7) is 5.26. The Bertz CT molecular complexity index is 1190. The molecule has 1 atom stereocenters. The van der Waals surface area contributed by atoms with Crippen LogP contribution in [0.2, 0.25) is 0 Å². The van der Waals surface area contributed by atoms with E-state index >= 15 is 0 Å². The number of primary amides is 1. The number of carbonyl (C=O) groups is 3. The van der Waals surface area contributed by atoms with Gasteiger partial charge in [-0.15, -0.1) is 0 Å². The first-order chi connectivity index (χ1) is 17.4. The molecule has 0 aromatic heterocycles. The molecule has 0 bridgehead atoms. The molecule has 0 radical (unpaired) electrons. The zero-order valence-corrected chi connectivity index (χ0v) is 21.4. The number of nitrogens with zero attached hydrogens (tertiary/aromatic N) is 1. The first-order valence-electron chi connectivity index (χ1n) is 12.3. The molecule has 0 aliphatic heterocycles. The van der Waals surface area contributed by atoms with Crippen molar-refractivity contribution in [2.24, 2.45) is 5.73 Å². The number of hydrogen-bond donors (Lipinski definition) is 3. The Morgan fingerprint density at radius 1 is 1.08 bits per heavy atom. The number of benzene rings is 2. The minimum absolute atomic E-state index is 0.176. The summed E-state index contributed by atoms with van der Waals surface area (Å²) in [6, 6.07) is 12.6. The van der Waals surface area contributed by atoms with E-state index in [9.17, 15) is 24.0 Å². The molecule has 3 rings (SSSR count). The smallest absolute Gasteiger partial charge is 0.408 e. The quantitative estimate of drug-likeness (QED) is 0.511. The zero-order chi connectivity index (χ0) is 27.2. The van der Waals surface area contributed by atoms with Gasteiger partial charge in [-0.05, 0) is 62.4 Å². The van der Waals surface area contributed by atoms with Crippen LogP contribution in [0.3, 0.4) is 0 Å². The van der Waals surface area contributed by atoms with Gasteiger partial charge < -0.3 is 21.1 Å². The predicted molar refractivity (Wildman–Crippen MR) is 137 cm³/mol. The van der Waals surface area contributed by atoms with Gasteiger partial charge in [-0.25, -0.2) is 9.18 Å². The van der Waals surface area contributed by atoms with Crippen LogP contribution >= 0.6 is 0 Å². The highest BCUT2D eigenvalue weighted by Crippen LogP contribution is 2.29. The summed E-state index contributed by atoms with van der Waals surface area (Å²) >= 11 is 0. The third-order valence-electron chi connectivity index (χ3n) is 6.30. The molecule has 37 heavy (non-hydrogen) atoms. The number of amides is 3. The van der Waals surface area contributed by atoms with Crippen molar-refractivity contribution in [3.05, 3.63) is 59.4 Å². The third-order valence-corrected chi connectivity index (χ3v) is 6.30. The lowest BCUT2D eigenvalue weighted by Gasteiger charge is -2.37. The Morgan fingerprint density at radius 3 is 2.24 bits per heavy atom. The van der Waals surface area contributed by atoms with Crippen molar-refractivity contribution >= 4 is 17.9 Å². The van der Waals surface area contributed by atoms with Gasteiger partial charge in [0.05, 0.1) is 11.6 Å². The molecule has 2 aromatic rings. The molecule has 8 nitrogen and oxygen atoms in total. The lowest BCUT2D eigenvalue weighted by atomic mass is 9.80. The molecule has 0 heterocycles. The highest BCUT2D eigenvalue weighted by atomic mass is 19.1. The van der Waals surface area contributed by atoms with Crippen molar-refractivity contribution in [1.29, 1.82) is 5.26 Å². The molecule has 3 amide bonds. The number of hydrogen-bond acceptors (Lipinski definition) is 5. The average molecular weight is 509 g/mol. The molecule has 0 saturated heterocycles. The van der Waals surface area contributed by atoms with Crippen LogP contribution in [-0.2, 0) is 16.0 Å². The number of nitriles is 1. The van der Waals surface area contributed by atoms with Gasteiger partial charge in [0.25, 0.3) is 5.91 Å². The average Bonchev–Trinajstić information content (AvgIpc) is 2.83. The largest absolute Gasteiger partial charge is 0.444 e. The Balaban J connectivity index is 1.69. The SMILES string of the molecule is CC(C)(C)OC(=O)NC1(C(=O)NC(C#N)Cc2ccc(-c3ccc(C(N)=O)c(F)c3)cc2)CCCCC1. The summed E-state index contributed by atoms with van der Waals surface area (Å²) in [5.74, 6) is -1.93. The number of halogens is 1. The Hall–Kier alpha value is -3.93. The second-order valence-corrected chi connectivity index (χ2v) is 10.4. The summed E-state index contributed by atoms with van der Waals surface area (Å²) in [7, 11) is 0. The van der Waals surface area contributed by atoms with Crippen molar-refractivity contribution in [3.63, 3.8) is 0 Å². The van der Waals surface area contributed by atoms with Crippen LogP contribution in [0, 0.1) is 17.1 Å². The van der Waals surface area contributed by atoms with Crippen LogP contribution in [0.5, 0.6) is 0 Å².